The molecular formula is C22H22O5. The number of carbonyl (C=O) groups excluding carboxylic acids is 1. The summed E-state index contributed by atoms with van der Waals surface area (Å²) in [5.41, 5.74) is 0.600. The summed E-state index contributed by atoms with van der Waals surface area (Å²) in [5, 5.41) is 0.355. The minimum Gasteiger partial charge on any atom is -0.460 e. The SMILES string of the molecule is CCc1ccc(Oc2coc3cc(OC(=O)C(C)(C)C)ccc3c2=O)cc1. The molecule has 0 N–H and O–H groups in total. The summed E-state index contributed by atoms with van der Waals surface area (Å²) >= 11 is 0. The zero-order valence-corrected chi connectivity index (χ0v) is 15.9. The van der Waals surface area contributed by atoms with E-state index < -0.39 is 5.41 Å². The highest BCUT2D eigenvalue weighted by Gasteiger charge is 2.24. The second-order valence-corrected chi connectivity index (χ2v) is 7.33. The smallest absolute Gasteiger partial charge is 0.316 e. The largest absolute Gasteiger partial charge is 0.460 e. The molecule has 0 aliphatic heterocycles. The average molecular weight is 366 g/mol. The van der Waals surface area contributed by atoms with Gasteiger partial charge in [0.15, 0.2) is 0 Å². The number of hydrogen-bond donors (Lipinski definition) is 0. The second kappa shape index (κ2) is 7.27. The molecule has 2 aromatic carbocycles. The average Bonchev–Trinajstić information content (AvgIpc) is 2.64. The van der Waals surface area contributed by atoms with Crippen molar-refractivity contribution in [1.29, 1.82) is 0 Å². The highest BCUT2D eigenvalue weighted by Crippen LogP contribution is 2.26. The molecule has 0 bridgehead atoms. The van der Waals surface area contributed by atoms with Crippen molar-refractivity contribution in [3.8, 4) is 17.2 Å². The van der Waals surface area contributed by atoms with Crippen molar-refractivity contribution < 1.29 is 18.7 Å². The minimum atomic E-state index is -0.624. The molecule has 5 heteroatoms. The third kappa shape index (κ3) is 4.19. The van der Waals surface area contributed by atoms with Gasteiger partial charge in [-0.2, -0.15) is 0 Å². The van der Waals surface area contributed by atoms with Crippen LogP contribution in [0, 0.1) is 5.41 Å². The van der Waals surface area contributed by atoms with Crippen LogP contribution in [0.15, 0.2) is 57.9 Å². The lowest BCUT2D eigenvalue weighted by Gasteiger charge is -2.16. The van der Waals surface area contributed by atoms with Crippen molar-refractivity contribution >= 4 is 16.9 Å². The van der Waals surface area contributed by atoms with E-state index in [-0.39, 0.29) is 17.1 Å². The monoisotopic (exact) mass is 366 g/mol. The number of ether oxygens (including phenoxy) is 2. The lowest BCUT2D eigenvalue weighted by atomic mass is 9.97. The van der Waals surface area contributed by atoms with E-state index in [9.17, 15) is 9.59 Å². The molecule has 3 aromatic rings. The molecule has 0 aliphatic rings. The molecule has 140 valence electrons. The van der Waals surface area contributed by atoms with Crippen LogP contribution in [0.2, 0.25) is 0 Å². The zero-order valence-electron chi connectivity index (χ0n) is 15.9. The Hall–Kier alpha value is -3.08. The number of fused-ring (bicyclic) bond motifs is 1. The molecule has 0 unspecified atom stereocenters. The Kier molecular flexibility index (Phi) is 5.04. The van der Waals surface area contributed by atoms with Gasteiger partial charge in [-0.1, -0.05) is 19.1 Å². The topological polar surface area (TPSA) is 65.7 Å². The Balaban J connectivity index is 1.87. The van der Waals surface area contributed by atoms with Gasteiger partial charge in [-0.25, -0.2) is 0 Å². The Bertz CT molecular complexity index is 1020. The summed E-state index contributed by atoms with van der Waals surface area (Å²) in [6, 6.07) is 12.2. The van der Waals surface area contributed by atoms with Crippen molar-refractivity contribution in [2.24, 2.45) is 5.41 Å². The maximum Gasteiger partial charge on any atom is 0.316 e. The molecule has 5 nitrogen and oxygen atoms in total. The van der Waals surface area contributed by atoms with E-state index in [1.807, 2.05) is 24.3 Å². The van der Waals surface area contributed by atoms with Crippen LogP contribution in [0.4, 0.5) is 0 Å². The number of aryl methyl sites for hydroxylation is 1. The molecule has 0 aliphatic carbocycles. The number of rotatable bonds is 4. The van der Waals surface area contributed by atoms with Crippen molar-refractivity contribution in [2.75, 3.05) is 0 Å². The van der Waals surface area contributed by atoms with Crippen LogP contribution in [0.1, 0.15) is 33.3 Å². The quantitative estimate of drug-likeness (QED) is 0.475. The summed E-state index contributed by atoms with van der Waals surface area (Å²) in [4.78, 5) is 24.7. The molecule has 0 saturated carbocycles. The van der Waals surface area contributed by atoms with Gasteiger partial charge in [0.05, 0.1) is 10.8 Å². The van der Waals surface area contributed by atoms with Crippen molar-refractivity contribution in [1.82, 2.24) is 0 Å². The van der Waals surface area contributed by atoms with Gasteiger partial charge in [0.25, 0.3) is 0 Å². The summed E-state index contributed by atoms with van der Waals surface area (Å²) in [6.45, 7) is 7.38. The fourth-order valence-electron chi connectivity index (χ4n) is 2.41. The van der Waals surface area contributed by atoms with Crippen molar-refractivity contribution in [2.45, 2.75) is 34.1 Å². The molecule has 0 spiro atoms. The second-order valence-electron chi connectivity index (χ2n) is 7.33. The van der Waals surface area contributed by atoms with E-state index in [0.717, 1.165) is 6.42 Å². The maximum absolute atomic E-state index is 12.7. The standard InChI is InChI=1S/C22H22O5/c1-5-14-6-8-15(9-7-14)26-19-13-25-18-12-16(10-11-17(18)20(19)23)27-21(24)22(2,3)4/h6-13H,5H2,1-4H3. The number of esters is 1. The van der Waals surface area contributed by atoms with Crippen LogP contribution in [0.5, 0.6) is 17.2 Å². The third-order valence-corrected chi connectivity index (χ3v) is 4.10. The minimum absolute atomic E-state index is 0.103. The van der Waals surface area contributed by atoms with Gasteiger partial charge in [0, 0.05) is 6.07 Å². The van der Waals surface area contributed by atoms with E-state index in [0.29, 0.717) is 22.5 Å². The van der Waals surface area contributed by atoms with Crippen LogP contribution in [0.25, 0.3) is 11.0 Å². The van der Waals surface area contributed by atoms with Gasteiger partial charge in [0.2, 0.25) is 11.2 Å². The van der Waals surface area contributed by atoms with Gasteiger partial charge < -0.3 is 13.9 Å². The number of benzene rings is 2. The molecule has 27 heavy (non-hydrogen) atoms. The van der Waals surface area contributed by atoms with Gasteiger partial charge in [-0.15, -0.1) is 0 Å². The van der Waals surface area contributed by atoms with Crippen molar-refractivity contribution in [3.05, 3.63) is 64.5 Å². The van der Waals surface area contributed by atoms with Gasteiger partial charge in [-0.05, 0) is 57.0 Å². The molecule has 1 heterocycles. The van der Waals surface area contributed by atoms with E-state index in [1.165, 1.54) is 17.9 Å². The maximum atomic E-state index is 12.7. The molecule has 0 atom stereocenters. The van der Waals surface area contributed by atoms with Crippen LogP contribution in [-0.4, -0.2) is 5.97 Å². The predicted molar refractivity (Wildman–Crippen MR) is 103 cm³/mol. The lowest BCUT2D eigenvalue weighted by molar-refractivity contribution is -0.142. The zero-order chi connectivity index (χ0) is 19.6. The summed E-state index contributed by atoms with van der Waals surface area (Å²) < 4.78 is 16.5. The van der Waals surface area contributed by atoms with Crippen LogP contribution < -0.4 is 14.9 Å². The van der Waals surface area contributed by atoms with Crippen LogP contribution >= 0.6 is 0 Å². The molecule has 0 radical (unpaired) electrons. The summed E-state index contributed by atoms with van der Waals surface area (Å²) in [7, 11) is 0. The first kappa shape index (κ1) is 18.7. The highest BCUT2D eigenvalue weighted by molar-refractivity contribution is 5.82. The van der Waals surface area contributed by atoms with Crippen molar-refractivity contribution in [3.63, 3.8) is 0 Å². The highest BCUT2D eigenvalue weighted by atomic mass is 16.5. The van der Waals surface area contributed by atoms with Gasteiger partial charge in [0.1, 0.15) is 23.3 Å². The Morgan fingerprint density at radius 2 is 1.70 bits per heavy atom. The third-order valence-electron chi connectivity index (χ3n) is 4.10. The van der Waals surface area contributed by atoms with E-state index >= 15 is 0 Å². The van der Waals surface area contributed by atoms with E-state index in [2.05, 4.69) is 6.92 Å². The molecule has 3 rings (SSSR count). The Labute approximate surface area is 157 Å². The lowest BCUT2D eigenvalue weighted by Crippen LogP contribution is -2.25. The van der Waals surface area contributed by atoms with E-state index in [1.54, 1.807) is 32.9 Å². The first-order valence-corrected chi connectivity index (χ1v) is 8.82. The normalized spacial score (nSPS) is 11.4. The van der Waals surface area contributed by atoms with Crippen LogP contribution in [-0.2, 0) is 11.2 Å². The molecule has 1 aromatic heterocycles. The first-order chi connectivity index (χ1) is 12.8. The summed E-state index contributed by atoms with van der Waals surface area (Å²) in [6.07, 6.45) is 2.20. The van der Waals surface area contributed by atoms with Gasteiger partial charge >= 0.3 is 5.97 Å². The fourth-order valence-corrected chi connectivity index (χ4v) is 2.41. The predicted octanol–water partition coefficient (Wildman–Crippen LogP) is 5.10. The fraction of sp³-hybridized carbons (Fsp3) is 0.273. The summed E-state index contributed by atoms with van der Waals surface area (Å²) in [5.74, 6) is 0.634. The van der Waals surface area contributed by atoms with E-state index in [4.69, 9.17) is 13.9 Å². The molecule has 0 saturated heterocycles. The Morgan fingerprint density at radius 3 is 2.33 bits per heavy atom. The number of hydrogen-bond acceptors (Lipinski definition) is 5. The molecule has 0 amide bonds. The molecular weight excluding hydrogens is 344 g/mol. The van der Waals surface area contributed by atoms with Gasteiger partial charge in [-0.3, -0.25) is 9.59 Å². The van der Waals surface area contributed by atoms with Crippen LogP contribution in [0.3, 0.4) is 0 Å². The molecule has 0 fully saturated rings. The number of carbonyl (C=O) groups is 1. The first-order valence-electron chi connectivity index (χ1n) is 8.82. The Morgan fingerprint density at radius 1 is 1.04 bits per heavy atom.